The van der Waals surface area contributed by atoms with Gasteiger partial charge in [-0.3, -0.25) is 0 Å². The van der Waals surface area contributed by atoms with Gasteiger partial charge in [-0.2, -0.15) is 13.2 Å². The number of amides is 2. The Bertz CT molecular complexity index is 247. The van der Waals surface area contributed by atoms with Crippen LogP contribution in [0.2, 0.25) is 0 Å². The fraction of sp³-hybridized carbons (Fsp3) is 0.900. The lowest BCUT2D eigenvalue weighted by molar-refractivity contribution is -0.122. The Labute approximate surface area is 92.8 Å². The SMILES string of the molecule is CC(C)C1CC(NC(=O)NCC(F)(F)F)C1. The number of halogens is 3. The quantitative estimate of drug-likeness (QED) is 0.778. The summed E-state index contributed by atoms with van der Waals surface area (Å²) in [7, 11) is 0. The molecule has 0 saturated heterocycles. The molecule has 2 N–H and O–H groups in total. The number of alkyl halides is 3. The summed E-state index contributed by atoms with van der Waals surface area (Å²) < 4.78 is 35.3. The molecule has 0 unspecified atom stereocenters. The van der Waals surface area contributed by atoms with Gasteiger partial charge in [-0.15, -0.1) is 0 Å². The third-order valence-electron chi connectivity index (χ3n) is 2.90. The maximum atomic E-state index is 11.8. The zero-order chi connectivity index (χ0) is 12.3. The number of hydrogen-bond donors (Lipinski definition) is 2. The summed E-state index contributed by atoms with van der Waals surface area (Å²) in [6.45, 7) is 2.92. The van der Waals surface area contributed by atoms with Crippen LogP contribution < -0.4 is 10.6 Å². The minimum absolute atomic E-state index is 0.0284. The summed E-state index contributed by atoms with van der Waals surface area (Å²) in [4.78, 5) is 11.0. The average Bonchev–Trinajstić information content (AvgIpc) is 2.05. The zero-order valence-electron chi connectivity index (χ0n) is 9.40. The van der Waals surface area contributed by atoms with E-state index in [1.807, 2.05) is 0 Å². The predicted molar refractivity (Wildman–Crippen MR) is 53.9 cm³/mol. The Balaban J connectivity index is 2.13. The number of nitrogens with one attached hydrogen (secondary N) is 2. The number of hydrogen-bond acceptors (Lipinski definition) is 1. The van der Waals surface area contributed by atoms with Gasteiger partial charge in [0.25, 0.3) is 0 Å². The average molecular weight is 238 g/mol. The molecule has 0 aromatic rings. The molecule has 2 amide bonds. The molecule has 3 nitrogen and oxygen atoms in total. The fourth-order valence-electron chi connectivity index (χ4n) is 1.74. The van der Waals surface area contributed by atoms with E-state index in [-0.39, 0.29) is 6.04 Å². The van der Waals surface area contributed by atoms with Crippen molar-refractivity contribution in [1.82, 2.24) is 10.6 Å². The molecule has 16 heavy (non-hydrogen) atoms. The van der Waals surface area contributed by atoms with Gasteiger partial charge < -0.3 is 10.6 Å². The summed E-state index contributed by atoms with van der Waals surface area (Å²) in [5.74, 6) is 1.14. The van der Waals surface area contributed by atoms with Crippen molar-refractivity contribution in [2.75, 3.05) is 6.54 Å². The number of urea groups is 1. The smallest absolute Gasteiger partial charge is 0.335 e. The Morgan fingerprint density at radius 2 is 1.94 bits per heavy atom. The van der Waals surface area contributed by atoms with E-state index >= 15 is 0 Å². The van der Waals surface area contributed by atoms with Gasteiger partial charge in [0.1, 0.15) is 6.54 Å². The molecule has 0 atom stereocenters. The Hall–Kier alpha value is -0.940. The van der Waals surface area contributed by atoms with E-state index < -0.39 is 18.8 Å². The van der Waals surface area contributed by atoms with E-state index in [1.165, 1.54) is 0 Å². The summed E-state index contributed by atoms with van der Waals surface area (Å²) in [6, 6.07) is -0.704. The van der Waals surface area contributed by atoms with E-state index in [0.29, 0.717) is 11.8 Å². The van der Waals surface area contributed by atoms with Crippen LogP contribution in [0.25, 0.3) is 0 Å². The normalized spacial score (nSPS) is 25.1. The molecule has 1 saturated carbocycles. The van der Waals surface area contributed by atoms with E-state index in [4.69, 9.17) is 0 Å². The lowest BCUT2D eigenvalue weighted by Gasteiger charge is -2.38. The maximum Gasteiger partial charge on any atom is 0.405 e. The van der Waals surface area contributed by atoms with Gasteiger partial charge in [0, 0.05) is 6.04 Å². The van der Waals surface area contributed by atoms with E-state index in [9.17, 15) is 18.0 Å². The molecule has 94 valence electrons. The summed E-state index contributed by atoms with van der Waals surface area (Å²) in [5.41, 5.74) is 0. The van der Waals surface area contributed by atoms with Crippen LogP contribution in [-0.4, -0.2) is 24.8 Å². The van der Waals surface area contributed by atoms with Gasteiger partial charge in [0.05, 0.1) is 0 Å². The second-order valence-corrected chi connectivity index (χ2v) is 4.61. The minimum Gasteiger partial charge on any atom is -0.335 e. The molecule has 0 aliphatic heterocycles. The highest BCUT2D eigenvalue weighted by Crippen LogP contribution is 2.33. The first-order valence-corrected chi connectivity index (χ1v) is 5.39. The Morgan fingerprint density at radius 1 is 1.38 bits per heavy atom. The molecule has 1 fully saturated rings. The van der Waals surface area contributed by atoms with Crippen LogP contribution in [0.3, 0.4) is 0 Å². The van der Waals surface area contributed by atoms with Crippen molar-refractivity contribution in [3.05, 3.63) is 0 Å². The van der Waals surface area contributed by atoms with Crippen LogP contribution in [-0.2, 0) is 0 Å². The zero-order valence-corrected chi connectivity index (χ0v) is 9.40. The molecule has 1 rings (SSSR count). The van der Waals surface area contributed by atoms with Crippen molar-refractivity contribution in [3.63, 3.8) is 0 Å². The van der Waals surface area contributed by atoms with Crippen LogP contribution >= 0.6 is 0 Å². The third kappa shape index (κ3) is 4.28. The summed E-state index contributed by atoms with van der Waals surface area (Å²) >= 11 is 0. The van der Waals surface area contributed by atoms with Gasteiger partial charge in [-0.25, -0.2) is 4.79 Å². The molecule has 0 bridgehead atoms. The van der Waals surface area contributed by atoms with E-state index in [1.54, 1.807) is 5.32 Å². The number of rotatable bonds is 3. The highest BCUT2D eigenvalue weighted by molar-refractivity contribution is 5.74. The second-order valence-electron chi connectivity index (χ2n) is 4.61. The van der Waals surface area contributed by atoms with Gasteiger partial charge >= 0.3 is 12.2 Å². The topological polar surface area (TPSA) is 41.1 Å². The van der Waals surface area contributed by atoms with Crippen molar-refractivity contribution in [2.45, 2.75) is 38.9 Å². The first-order chi connectivity index (χ1) is 7.28. The van der Waals surface area contributed by atoms with Gasteiger partial charge in [-0.05, 0) is 24.7 Å². The standard InChI is InChI=1S/C10H17F3N2O/c1-6(2)7-3-8(4-7)15-9(16)14-5-10(11,12)13/h6-8H,3-5H2,1-2H3,(H2,14,15,16). The maximum absolute atomic E-state index is 11.8. The van der Waals surface area contributed by atoms with Crippen molar-refractivity contribution in [2.24, 2.45) is 11.8 Å². The Morgan fingerprint density at radius 3 is 2.38 bits per heavy atom. The molecule has 1 aliphatic carbocycles. The highest BCUT2D eigenvalue weighted by atomic mass is 19.4. The van der Waals surface area contributed by atoms with Crippen LogP contribution in [0.1, 0.15) is 26.7 Å². The van der Waals surface area contributed by atoms with E-state index in [2.05, 4.69) is 19.2 Å². The molecule has 6 heteroatoms. The molecule has 0 aromatic carbocycles. The first kappa shape index (κ1) is 13.1. The lowest BCUT2D eigenvalue weighted by atomic mass is 9.74. The molecule has 0 heterocycles. The van der Waals surface area contributed by atoms with Crippen molar-refractivity contribution in [3.8, 4) is 0 Å². The molecule has 1 aliphatic rings. The van der Waals surface area contributed by atoms with Crippen molar-refractivity contribution >= 4 is 6.03 Å². The van der Waals surface area contributed by atoms with Crippen molar-refractivity contribution in [1.29, 1.82) is 0 Å². The molecular formula is C10H17F3N2O. The number of carbonyl (C=O) groups is 1. The summed E-state index contributed by atoms with van der Waals surface area (Å²) in [5, 5.41) is 4.31. The highest BCUT2D eigenvalue weighted by Gasteiger charge is 2.33. The van der Waals surface area contributed by atoms with E-state index in [0.717, 1.165) is 12.8 Å². The van der Waals surface area contributed by atoms with Gasteiger partial charge in [0.2, 0.25) is 0 Å². The predicted octanol–water partition coefficient (Wildman–Crippen LogP) is 2.28. The largest absolute Gasteiger partial charge is 0.405 e. The molecule has 0 aromatic heterocycles. The number of carbonyl (C=O) groups excluding carboxylic acids is 1. The van der Waals surface area contributed by atoms with Gasteiger partial charge in [0.15, 0.2) is 0 Å². The van der Waals surface area contributed by atoms with Crippen LogP contribution in [0.4, 0.5) is 18.0 Å². The fourth-order valence-corrected chi connectivity index (χ4v) is 1.74. The molecular weight excluding hydrogens is 221 g/mol. The molecule has 0 radical (unpaired) electrons. The first-order valence-electron chi connectivity index (χ1n) is 5.39. The van der Waals surface area contributed by atoms with Crippen LogP contribution in [0.5, 0.6) is 0 Å². The minimum atomic E-state index is -4.35. The van der Waals surface area contributed by atoms with Crippen LogP contribution in [0.15, 0.2) is 0 Å². The van der Waals surface area contributed by atoms with Crippen molar-refractivity contribution < 1.29 is 18.0 Å². The lowest BCUT2D eigenvalue weighted by Crippen LogP contribution is -2.50. The summed E-state index contributed by atoms with van der Waals surface area (Å²) in [6.07, 6.45) is -2.63. The van der Waals surface area contributed by atoms with Crippen LogP contribution in [0, 0.1) is 11.8 Å². The molecule has 0 spiro atoms. The third-order valence-corrected chi connectivity index (χ3v) is 2.90. The Kier molecular flexibility index (Phi) is 4.04. The monoisotopic (exact) mass is 238 g/mol. The second kappa shape index (κ2) is 4.93. The van der Waals surface area contributed by atoms with Gasteiger partial charge in [-0.1, -0.05) is 13.8 Å².